The molecular weight excluding hydrogens is 242 g/mol. The van der Waals surface area contributed by atoms with E-state index in [0.717, 1.165) is 19.1 Å². The molecule has 0 aliphatic heterocycles. The molecule has 3 nitrogen and oxygen atoms in total. The van der Waals surface area contributed by atoms with Crippen LogP contribution in [0, 0.1) is 0 Å². The zero-order chi connectivity index (χ0) is 13.2. The summed E-state index contributed by atoms with van der Waals surface area (Å²) >= 11 is 1.84. The minimum atomic E-state index is 0.170. The van der Waals surface area contributed by atoms with Gasteiger partial charge in [0.25, 0.3) is 0 Å². The lowest BCUT2D eigenvalue weighted by Crippen LogP contribution is -2.34. The van der Waals surface area contributed by atoms with E-state index >= 15 is 0 Å². The van der Waals surface area contributed by atoms with Crippen molar-refractivity contribution in [1.82, 2.24) is 10.3 Å². The van der Waals surface area contributed by atoms with Crippen LogP contribution in [-0.4, -0.2) is 23.1 Å². The summed E-state index contributed by atoms with van der Waals surface area (Å²) in [6, 6.07) is 0.763. The average molecular weight is 267 g/mol. The first-order valence-electron chi connectivity index (χ1n) is 6.96. The Hall–Kier alpha value is -0.610. The summed E-state index contributed by atoms with van der Waals surface area (Å²) < 4.78 is 0. The highest BCUT2D eigenvalue weighted by Gasteiger charge is 2.30. The maximum atomic E-state index is 4.60. The molecule has 1 aliphatic carbocycles. The molecule has 1 aliphatic rings. The fourth-order valence-electron chi connectivity index (χ4n) is 1.93. The Morgan fingerprint density at radius 2 is 2.17 bits per heavy atom. The molecule has 18 heavy (non-hydrogen) atoms. The lowest BCUT2D eigenvalue weighted by atomic mass is 10.1. The Labute approximate surface area is 115 Å². The van der Waals surface area contributed by atoms with Crippen molar-refractivity contribution in [3.63, 3.8) is 0 Å². The van der Waals surface area contributed by atoms with Crippen LogP contribution in [0.1, 0.15) is 51.8 Å². The predicted molar refractivity (Wildman–Crippen MR) is 79.4 cm³/mol. The van der Waals surface area contributed by atoms with Gasteiger partial charge in [-0.25, -0.2) is 4.98 Å². The number of anilines is 1. The molecule has 0 saturated heterocycles. The lowest BCUT2D eigenvalue weighted by Gasteiger charge is -2.21. The predicted octanol–water partition coefficient (Wildman–Crippen LogP) is 3.41. The fourth-order valence-corrected chi connectivity index (χ4v) is 2.87. The molecular formula is C14H25N3S. The van der Waals surface area contributed by atoms with Gasteiger partial charge in [-0.05, 0) is 40.0 Å². The Morgan fingerprint density at radius 1 is 1.44 bits per heavy atom. The lowest BCUT2D eigenvalue weighted by molar-refractivity contribution is 0.426. The average Bonchev–Trinajstić information content (AvgIpc) is 3.01. The second-order valence-corrected chi connectivity index (χ2v) is 7.23. The van der Waals surface area contributed by atoms with Gasteiger partial charge in [-0.3, -0.25) is 0 Å². The summed E-state index contributed by atoms with van der Waals surface area (Å²) in [7, 11) is 0. The molecule has 1 aromatic heterocycles. The Kier molecular flexibility index (Phi) is 4.28. The summed E-state index contributed by atoms with van der Waals surface area (Å²) in [6.07, 6.45) is 5.92. The third kappa shape index (κ3) is 3.95. The van der Waals surface area contributed by atoms with Gasteiger partial charge in [0, 0.05) is 35.7 Å². The van der Waals surface area contributed by atoms with Gasteiger partial charge in [-0.1, -0.05) is 6.92 Å². The molecule has 1 aromatic rings. The van der Waals surface area contributed by atoms with Gasteiger partial charge >= 0.3 is 0 Å². The number of hydrogen-bond acceptors (Lipinski definition) is 4. The third-order valence-electron chi connectivity index (χ3n) is 3.03. The van der Waals surface area contributed by atoms with E-state index in [-0.39, 0.29) is 5.54 Å². The van der Waals surface area contributed by atoms with E-state index in [1.165, 1.54) is 29.3 Å². The van der Waals surface area contributed by atoms with Crippen LogP contribution >= 0.6 is 11.3 Å². The normalized spacial score (nSPS) is 16.0. The van der Waals surface area contributed by atoms with Crippen molar-refractivity contribution >= 4 is 16.5 Å². The minimum Gasteiger partial charge on any atom is -0.345 e. The molecule has 1 saturated carbocycles. The van der Waals surface area contributed by atoms with Crippen LogP contribution in [0.25, 0.3) is 0 Å². The first-order chi connectivity index (χ1) is 8.49. The van der Waals surface area contributed by atoms with Crippen molar-refractivity contribution < 1.29 is 0 Å². The number of aromatic nitrogens is 1. The van der Waals surface area contributed by atoms with Gasteiger partial charge in [0.2, 0.25) is 0 Å². The second-order valence-electron chi connectivity index (χ2n) is 6.14. The van der Waals surface area contributed by atoms with E-state index in [1.54, 1.807) is 0 Å². The Bertz CT molecular complexity index is 377. The molecule has 1 fully saturated rings. The standard InChI is InChI=1S/C14H25N3S/c1-5-8-17(11-6-7-11)13-15-9-12(18-13)10-16-14(2,3)4/h9,11,16H,5-8,10H2,1-4H3. The largest absolute Gasteiger partial charge is 0.345 e. The maximum absolute atomic E-state index is 4.60. The number of nitrogens with zero attached hydrogens (tertiary/aromatic N) is 2. The number of hydrogen-bond donors (Lipinski definition) is 1. The van der Waals surface area contributed by atoms with Crippen molar-refractivity contribution in [2.75, 3.05) is 11.4 Å². The van der Waals surface area contributed by atoms with Gasteiger partial charge in [0.05, 0.1) is 0 Å². The SMILES string of the molecule is CCCN(c1ncc(CNC(C)(C)C)s1)C1CC1. The molecule has 0 amide bonds. The molecule has 1 N–H and O–H groups in total. The molecule has 1 heterocycles. The van der Waals surface area contributed by atoms with Gasteiger partial charge in [0.15, 0.2) is 5.13 Å². The monoisotopic (exact) mass is 267 g/mol. The minimum absolute atomic E-state index is 0.170. The number of thiazole rings is 1. The molecule has 0 radical (unpaired) electrons. The van der Waals surface area contributed by atoms with Crippen LogP contribution in [0.15, 0.2) is 6.20 Å². The smallest absolute Gasteiger partial charge is 0.185 e. The summed E-state index contributed by atoms with van der Waals surface area (Å²) in [5, 5.41) is 4.73. The first-order valence-corrected chi connectivity index (χ1v) is 7.77. The molecule has 0 spiro atoms. The van der Waals surface area contributed by atoms with Crippen molar-refractivity contribution in [3.05, 3.63) is 11.1 Å². The van der Waals surface area contributed by atoms with Gasteiger partial charge < -0.3 is 10.2 Å². The highest BCUT2D eigenvalue weighted by Crippen LogP contribution is 2.34. The molecule has 0 bridgehead atoms. The highest BCUT2D eigenvalue weighted by atomic mass is 32.1. The van der Waals surface area contributed by atoms with E-state index in [1.807, 2.05) is 17.5 Å². The van der Waals surface area contributed by atoms with Crippen LogP contribution in [0.4, 0.5) is 5.13 Å². The first kappa shape index (κ1) is 13.8. The fraction of sp³-hybridized carbons (Fsp3) is 0.786. The number of rotatable bonds is 6. The topological polar surface area (TPSA) is 28.2 Å². The molecule has 2 rings (SSSR count). The van der Waals surface area contributed by atoms with Crippen LogP contribution in [0.3, 0.4) is 0 Å². The maximum Gasteiger partial charge on any atom is 0.185 e. The van der Waals surface area contributed by atoms with Crippen LogP contribution < -0.4 is 10.2 Å². The molecule has 0 unspecified atom stereocenters. The van der Waals surface area contributed by atoms with E-state index in [0.29, 0.717) is 0 Å². The summed E-state index contributed by atoms with van der Waals surface area (Å²) in [5.41, 5.74) is 0.170. The zero-order valence-corrected chi connectivity index (χ0v) is 12.8. The van der Waals surface area contributed by atoms with E-state index in [9.17, 15) is 0 Å². The quantitative estimate of drug-likeness (QED) is 0.856. The number of nitrogens with one attached hydrogen (secondary N) is 1. The zero-order valence-electron chi connectivity index (χ0n) is 12.0. The van der Waals surface area contributed by atoms with Gasteiger partial charge in [-0.2, -0.15) is 0 Å². The highest BCUT2D eigenvalue weighted by molar-refractivity contribution is 7.15. The van der Waals surface area contributed by atoms with Crippen LogP contribution in [0.2, 0.25) is 0 Å². The summed E-state index contributed by atoms with van der Waals surface area (Å²) in [4.78, 5) is 8.43. The second kappa shape index (κ2) is 5.57. The Morgan fingerprint density at radius 3 is 2.72 bits per heavy atom. The molecule has 4 heteroatoms. The van der Waals surface area contributed by atoms with Crippen molar-refractivity contribution in [2.24, 2.45) is 0 Å². The van der Waals surface area contributed by atoms with Crippen molar-refractivity contribution in [1.29, 1.82) is 0 Å². The van der Waals surface area contributed by atoms with Crippen LogP contribution in [-0.2, 0) is 6.54 Å². The van der Waals surface area contributed by atoms with E-state index in [2.05, 4.69) is 42.9 Å². The van der Waals surface area contributed by atoms with Gasteiger partial charge in [0.1, 0.15) is 0 Å². The molecule has 0 atom stereocenters. The summed E-state index contributed by atoms with van der Waals surface area (Å²) in [6.45, 7) is 10.9. The van der Waals surface area contributed by atoms with Crippen molar-refractivity contribution in [3.8, 4) is 0 Å². The van der Waals surface area contributed by atoms with Crippen molar-refractivity contribution in [2.45, 2.75) is 65.1 Å². The molecule has 102 valence electrons. The van der Waals surface area contributed by atoms with E-state index in [4.69, 9.17) is 0 Å². The molecule has 0 aromatic carbocycles. The van der Waals surface area contributed by atoms with Gasteiger partial charge in [-0.15, -0.1) is 11.3 Å². The van der Waals surface area contributed by atoms with E-state index < -0.39 is 0 Å². The summed E-state index contributed by atoms with van der Waals surface area (Å²) in [5.74, 6) is 0. The third-order valence-corrected chi connectivity index (χ3v) is 4.07. The van der Waals surface area contributed by atoms with Crippen LogP contribution in [0.5, 0.6) is 0 Å². The Balaban J connectivity index is 1.95.